The molecule has 3 heterocycles. The number of nitrogens with one attached hydrogen (secondary N) is 2. The largest absolute Gasteiger partial charge is 0.341 e. The molecule has 3 fully saturated rings. The van der Waals surface area contributed by atoms with E-state index in [1.165, 1.54) is 12.0 Å². The van der Waals surface area contributed by atoms with Crippen molar-refractivity contribution in [2.75, 3.05) is 45.8 Å². The molecule has 1 aromatic carbocycles. The number of halogens is 1. The second-order valence-corrected chi connectivity index (χ2v) is 10.4. The molecule has 0 radical (unpaired) electrons. The van der Waals surface area contributed by atoms with Crippen molar-refractivity contribution in [3.8, 4) is 0 Å². The van der Waals surface area contributed by atoms with Crippen LogP contribution in [0.25, 0.3) is 0 Å². The molecule has 4 atom stereocenters. The zero-order chi connectivity index (χ0) is 22.0. The Morgan fingerprint density at radius 1 is 0.935 bits per heavy atom. The number of piperazine rings is 1. The number of benzene rings is 1. The van der Waals surface area contributed by atoms with Gasteiger partial charge in [-0.15, -0.1) is 0 Å². The molecule has 8 heteroatoms. The number of likely N-dealkylation sites (tertiary alicyclic amines) is 1. The Hall–Kier alpha value is -1.48. The normalized spacial score (nSPS) is 29.9. The molecule has 31 heavy (non-hydrogen) atoms. The molecule has 0 spiro atoms. The molecule has 0 aromatic heterocycles. The third kappa shape index (κ3) is 5.66. The lowest BCUT2D eigenvalue weighted by atomic mass is 9.92. The minimum atomic E-state index is -0.210. The molecule has 4 rings (SSSR count). The minimum Gasteiger partial charge on any atom is -0.341 e. The van der Waals surface area contributed by atoms with Crippen molar-refractivity contribution in [1.82, 2.24) is 25.6 Å². The van der Waals surface area contributed by atoms with Crippen LogP contribution >= 0.6 is 15.9 Å². The van der Waals surface area contributed by atoms with Gasteiger partial charge in [-0.3, -0.25) is 14.5 Å². The van der Waals surface area contributed by atoms with Crippen molar-refractivity contribution < 1.29 is 9.59 Å². The molecule has 3 saturated heterocycles. The number of piperidine rings is 1. The van der Waals surface area contributed by atoms with Crippen LogP contribution in [0.1, 0.15) is 38.3 Å². The van der Waals surface area contributed by atoms with E-state index in [0.29, 0.717) is 31.5 Å². The summed E-state index contributed by atoms with van der Waals surface area (Å²) in [6.07, 6.45) is 1.95. The lowest BCUT2D eigenvalue weighted by molar-refractivity contribution is -0.137. The third-order valence-electron chi connectivity index (χ3n) is 6.74. The highest BCUT2D eigenvalue weighted by molar-refractivity contribution is 9.10. The maximum atomic E-state index is 13.0. The molecule has 3 aliphatic heterocycles. The zero-order valence-electron chi connectivity index (χ0n) is 18.5. The highest BCUT2D eigenvalue weighted by atomic mass is 79.9. The third-order valence-corrected chi connectivity index (χ3v) is 7.27. The van der Waals surface area contributed by atoms with Crippen LogP contribution in [0.5, 0.6) is 0 Å². The molecule has 170 valence electrons. The van der Waals surface area contributed by atoms with E-state index in [9.17, 15) is 9.59 Å². The highest BCUT2D eigenvalue weighted by Gasteiger charge is 2.34. The van der Waals surface area contributed by atoms with Crippen LogP contribution in [0, 0.1) is 11.8 Å². The summed E-state index contributed by atoms with van der Waals surface area (Å²) in [5.74, 6) is 1.54. The van der Waals surface area contributed by atoms with Crippen LogP contribution in [0.15, 0.2) is 28.7 Å². The number of nitrogens with zero attached hydrogens (tertiary/aromatic N) is 3. The lowest BCUT2D eigenvalue weighted by Crippen LogP contribution is -2.55. The van der Waals surface area contributed by atoms with Crippen LogP contribution in [0.2, 0.25) is 0 Å². The fraction of sp³-hybridized carbons (Fsp3) is 0.652. The predicted octanol–water partition coefficient (Wildman–Crippen LogP) is 2.01. The summed E-state index contributed by atoms with van der Waals surface area (Å²) in [7, 11) is 0. The average molecular weight is 492 g/mol. The van der Waals surface area contributed by atoms with Crippen molar-refractivity contribution in [2.24, 2.45) is 11.8 Å². The summed E-state index contributed by atoms with van der Waals surface area (Å²) in [5.41, 5.74) is 7.63. The van der Waals surface area contributed by atoms with Gasteiger partial charge in [-0.2, -0.15) is 0 Å². The van der Waals surface area contributed by atoms with Crippen molar-refractivity contribution in [3.05, 3.63) is 34.3 Å². The van der Waals surface area contributed by atoms with Gasteiger partial charge in [0.25, 0.3) is 0 Å². The van der Waals surface area contributed by atoms with Crippen LogP contribution in [-0.2, 0) is 9.59 Å². The zero-order valence-corrected chi connectivity index (χ0v) is 20.1. The molecule has 3 aliphatic rings. The Labute approximate surface area is 193 Å². The van der Waals surface area contributed by atoms with Crippen molar-refractivity contribution in [3.63, 3.8) is 0 Å². The number of carbonyl (C=O) groups is 2. The van der Waals surface area contributed by atoms with Gasteiger partial charge in [0, 0.05) is 49.8 Å². The monoisotopic (exact) mass is 491 g/mol. The molecular formula is C23H34BrN5O2. The number of rotatable bonds is 4. The summed E-state index contributed by atoms with van der Waals surface area (Å²) in [6.45, 7) is 9.56. The Bertz CT molecular complexity index is 771. The standard InChI is InChI=1S/C23H34BrN5O2/c1-16-11-17(2)14-29(13-16)22(30)15-27-7-9-28(10-8-27)23(31)21-12-20(25-26-21)18-3-5-19(24)6-4-18/h3-6,16-17,20-21,25-26H,7-15H2,1-2H3. The topological polar surface area (TPSA) is 67.9 Å². The van der Waals surface area contributed by atoms with E-state index in [1.54, 1.807) is 0 Å². The lowest BCUT2D eigenvalue weighted by Gasteiger charge is -2.38. The van der Waals surface area contributed by atoms with E-state index in [0.717, 1.165) is 37.1 Å². The van der Waals surface area contributed by atoms with Crippen molar-refractivity contribution in [1.29, 1.82) is 0 Å². The maximum absolute atomic E-state index is 13.0. The Morgan fingerprint density at radius 3 is 2.23 bits per heavy atom. The molecule has 0 aliphatic carbocycles. The van der Waals surface area contributed by atoms with Crippen molar-refractivity contribution >= 4 is 27.7 Å². The first-order valence-electron chi connectivity index (χ1n) is 11.4. The second kappa shape index (κ2) is 9.98. The molecule has 0 saturated carbocycles. The summed E-state index contributed by atoms with van der Waals surface area (Å²) in [4.78, 5) is 31.9. The second-order valence-electron chi connectivity index (χ2n) is 9.53. The number of hydrogen-bond donors (Lipinski definition) is 2. The molecule has 2 N–H and O–H groups in total. The van der Waals surface area contributed by atoms with Gasteiger partial charge < -0.3 is 9.80 Å². The van der Waals surface area contributed by atoms with Gasteiger partial charge in [0.2, 0.25) is 11.8 Å². The first-order chi connectivity index (χ1) is 14.9. The summed E-state index contributed by atoms with van der Waals surface area (Å²) >= 11 is 3.46. The fourth-order valence-electron chi connectivity index (χ4n) is 5.14. The van der Waals surface area contributed by atoms with E-state index in [-0.39, 0.29) is 23.9 Å². The SMILES string of the molecule is CC1CC(C)CN(C(=O)CN2CCN(C(=O)C3CC(c4ccc(Br)cc4)NN3)CC2)C1. The number of amides is 2. The molecule has 4 unspecified atom stereocenters. The smallest absolute Gasteiger partial charge is 0.241 e. The van der Waals surface area contributed by atoms with Crippen molar-refractivity contribution in [2.45, 2.75) is 38.8 Å². The number of hydrogen-bond acceptors (Lipinski definition) is 5. The molecule has 0 bridgehead atoms. The van der Waals surface area contributed by atoms with E-state index in [4.69, 9.17) is 0 Å². The highest BCUT2D eigenvalue weighted by Crippen LogP contribution is 2.25. The summed E-state index contributed by atoms with van der Waals surface area (Å²) < 4.78 is 1.05. The van der Waals surface area contributed by atoms with E-state index >= 15 is 0 Å². The first-order valence-corrected chi connectivity index (χ1v) is 12.2. The molecule has 2 amide bonds. The van der Waals surface area contributed by atoms with Crippen LogP contribution in [-0.4, -0.2) is 78.4 Å². The van der Waals surface area contributed by atoms with Gasteiger partial charge in [-0.05, 0) is 42.4 Å². The van der Waals surface area contributed by atoms with E-state index < -0.39 is 0 Å². The van der Waals surface area contributed by atoms with Gasteiger partial charge in [0.05, 0.1) is 6.54 Å². The van der Waals surface area contributed by atoms with Crippen LogP contribution in [0.4, 0.5) is 0 Å². The Balaban J connectivity index is 1.23. The Morgan fingerprint density at radius 2 is 1.58 bits per heavy atom. The first kappa shape index (κ1) is 22.7. The van der Waals surface area contributed by atoms with E-state index in [1.807, 2.05) is 21.9 Å². The van der Waals surface area contributed by atoms with Gasteiger partial charge in [-0.1, -0.05) is 41.9 Å². The van der Waals surface area contributed by atoms with Gasteiger partial charge >= 0.3 is 0 Å². The Kier molecular flexibility index (Phi) is 7.31. The minimum absolute atomic E-state index is 0.135. The number of carbonyl (C=O) groups excluding carboxylic acids is 2. The fourth-order valence-corrected chi connectivity index (χ4v) is 5.40. The van der Waals surface area contributed by atoms with Gasteiger partial charge in [0.1, 0.15) is 6.04 Å². The molecule has 7 nitrogen and oxygen atoms in total. The number of hydrazine groups is 1. The maximum Gasteiger partial charge on any atom is 0.241 e. The van der Waals surface area contributed by atoms with Crippen LogP contribution in [0.3, 0.4) is 0 Å². The van der Waals surface area contributed by atoms with Crippen LogP contribution < -0.4 is 10.9 Å². The quantitative estimate of drug-likeness (QED) is 0.674. The van der Waals surface area contributed by atoms with Gasteiger partial charge in [-0.25, -0.2) is 10.9 Å². The molecule has 1 aromatic rings. The summed E-state index contributed by atoms with van der Waals surface area (Å²) in [6, 6.07) is 8.13. The summed E-state index contributed by atoms with van der Waals surface area (Å²) in [5, 5.41) is 0. The van der Waals surface area contributed by atoms with E-state index in [2.05, 4.69) is 57.7 Å². The van der Waals surface area contributed by atoms with Gasteiger partial charge in [0.15, 0.2) is 0 Å². The predicted molar refractivity (Wildman–Crippen MR) is 124 cm³/mol. The average Bonchev–Trinajstić information content (AvgIpc) is 3.24. The molecular weight excluding hydrogens is 458 g/mol.